The molecule has 0 radical (unpaired) electrons. The molecule has 2 aromatic rings. The van der Waals surface area contributed by atoms with Gasteiger partial charge in [-0.1, -0.05) is 0 Å². The van der Waals surface area contributed by atoms with Gasteiger partial charge in [0.1, 0.15) is 23.7 Å². The zero-order valence-electron chi connectivity index (χ0n) is 16.1. The van der Waals surface area contributed by atoms with Crippen molar-refractivity contribution in [2.24, 2.45) is 0 Å². The highest BCUT2D eigenvalue weighted by molar-refractivity contribution is 5.52. The number of hydrogen-bond donors (Lipinski definition) is 1. The second-order valence-corrected chi connectivity index (χ2v) is 7.16. The zero-order valence-corrected chi connectivity index (χ0v) is 16.1. The zero-order chi connectivity index (χ0) is 20.1. The highest BCUT2D eigenvalue weighted by Crippen LogP contribution is 2.25. The summed E-state index contributed by atoms with van der Waals surface area (Å²) in [5.41, 5.74) is 0.995. The third kappa shape index (κ3) is 5.23. The number of ether oxygens (including phenoxy) is 2. The van der Waals surface area contributed by atoms with Gasteiger partial charge in [0.25, 0.3) is 0 Å². The Morgan fingerprint density at radius 2 is 1.86 bits per heavy atom. The second-order valence-electron chi connectivity index (χ2n) is 7.16. The van der Waals surface area contributed by atoms with Crippen LogP contribution in [-0.4, -0.2) is 62.0 Å². The third-order valence-electron chi connectivity index (χ3n) is 5.19. The molecule has 7 nitrogen and oxygen atoms in total. The van der Waals surface area contributed by atoms with Crippen LogP contribution in [0.3, 0.4) is 0 Å². The van der Waals surface area contributed by atoms with Crippen molar-refractivity contribution in [2.75, 3.05) is 54.5 Å². The van der Waals surface area contributed by atoms with E-state index in [0.717, 1.165) is 56.3 Å². The molecule has 156 valence electrons. The van der Waals surface area contributed by atoms with Crippen molar-refractivity contribution in [1.82, 2.24) is 9.97 Å². The monoisotopic (exact) mass is 405 g/mol. The SMILES string of the molecule is FC(F)Oc1ccc(N2CCCC(Nc3cc(N4CCOCC4)ncn3)C2)cc1. The Labute approximate surface area is 168 Å². The molecule has 0 saturated carbocycles. The number of halogens is 2. The minimum Gasteiger partial charge on any atom is -0.435 e. The number of alkyl halides is 2. The van der Waals surface area contributed by atoms with Gasteiger partial charge in [0.15, 0.2) is 0 Å². The van der Waals surface area contributed by atoms with E-state index in [1.165, 1.54) is 0 Å². The number of benzene rings is 1. The lowest BCUT2D eigenvalue weighted by molar-refractivity contribution is -0.0498. The highest BCUT2D eigenvalue weighted by Gasteiger charge is 2.21. The maximum Gasteiger partial charge on any atom is 0.387 e. The summed E-state index contributed by atoms with van der Waals surface area (Å²) < 4.78 is 34.5. The lowest BCUT2D eigenvalue weighted by Gasteiger charge is -2.35. The Kier molecular flexibility index (Phi) is 6.24. The molecule has 1 aromatic heterocycles. The van der Waals surface area contributed by atoms with Crippen LogP contribution in [0.2, 0.25) is 0 Å². The fraction of sp³-hybridized carbons (Fsp3) is 0.500. The largest absolute Gasteiger partial charge is 0.435 e. The molecule has 2 fully saturated rings. The van der Waals surface area contributed by atoms with Crippen LogP contribution in [-0.2, 0) is 4.74 Å². The Balaban J connectivity index is 1.37. The van der Waals surface area contributed by atoms with E-state index < -0.39 is 6.61 Å². The van der Waals surface area contributed by atoms with E-state index in [1.54, 1.807) is 18.5 Å². The molecule has 4 rings (SSSR count). The van der Waals surface area contributed by atoms with Crippen molar-refractivity contribution in [3.63, 3.8) is 0 Å². The van der Waals surface area contributed by atoms with Crippen LogP contribution in [0.5, 0.6) is 5.75 Å². The molecule has 0 bridgehead atoms. The summed E-state index contributed by atoms with van der Waals surface area (Å²) >= 11 is 0. The number of piperidine rings is 1. The molecule has 0 aliphatic carbocycles. The maximum atomic E-state index is 12.3. The molecule has 9 heteroatoms. The molecule has 1 aromatic carbocycles. The first kappa shape index (κ1) is 19.6. The van der Waals surface area contributed by atoms with Gasteiger partial charge in [0.2, 0.25) is 0 Å². The topological polar surface area (TPSA) is 62.8 Å². The van der Waals surface area contributed by atoms with Crippen LogP contribution < -0.4 is 19.9 Å². The van der Waals surface area contributed by atoms with Crippen LogP contribution in [0.1, 0.15) is 12.8 Å². The first-order chi connectivity index (χ1) is 14.2. The molecule has 0 amide bonds. The molecule has 29 heavy (non-hydrogen) atoms. The van der Waals surface area contributed by atoms with E-state index >= 15 is 0 Å². The lowest BCUT2D eigenvalue weighted by Crippen LogP contribution is -2.42. The quantitative estimate of drug-likeness (QED) is 0.793. The first-order valence-electron chi connectivity index (χ1n) is 9.88. The summed E-state index contributed by atoms with van der Waals surface area (Å²) in [5.74, 6) is 1.90. The molecular formula is C20H25F2N5O2. The summed E-state index contributed by atoms with van der Waals surface area (Å²) in [4.78, 5) is 13.2. The van der Waals surface area contributed by atoms with Gasteiger partial charge in [-0.15, -0.1) is 0 Å². The molecule has 1 N–H and O–H groups in total. The summed E-state index contributed by atoms with van der Waals surface area (Å²) in [6.45, 7) is 2.02. The molecule has 0 spiro atoms. The first-order valence-corrected chi connectivity index (χ1v) is 9.88. The van der Waals surface area contributed by atoms with Crippen molar-refractivity contribution in [1.29, 1.82) is 0 Å². The Bertz CT molecular complexity index is 787. The predicted molar refractivity (Wildman–Crippen MR) is 107 cm³/mol. The average molecular weight is 405 g/mol. The van der Waals surface area contributed by atoms with E-state index in [1.807, 2.05) is 18.2 Å². The second kappa shape index (κ2) is 9.21. The lowest BCUT2D eigenvalue weighted by atomic mass is 10.0. The summed E-state index contributed by atoms with van der Waals surface area (Å²) in [7, 11) is 0. The molecular weight excluding hydrogens is 380 g/mol. The Hall–Kier alpha value is -2.68. The van der Waals surface area contributed by atoms with Crippen molar-refractivity contribution < 1.29 is 18.3 Å². The van der Waals surface area contributed by atoms with Crippen molar-refractivity contribution in [3.8, 4) is 5.75 Å². The van der Waals surface area contributed by atoms with Gasteiger partial charge < -0.3 is 24.6 Å². The van der Waals surface area contributed by atoms with Crippen molar-refractivity contribution in [3.05, 3.63) is 36.7 Å². The standard InChI is InChI=1S/C20H25F2N5O2/c21-20(22)29-17-5-3-16(4-6-17)27-7-1-2-15(13-27)25-18-12-19(24-14-23-18)26-8-10-28-11-9-26/h3-6,12,14-15,20H,1-2,7-11,13H2,(H,23,24,25). The number of nitrogens with zero attached hydrogens (tertiary/aromatic N) is 4. The molecule has 1 unspecified atom stereocenters. The van der Waals surface area contributed by atoms with Gasteiger partial charge in [-0.25, -0.2) is 9.97 Å². The van der Waals surface area contributed by atoms with Gasteiger partial charge >= 0.3 is 6.61 Å². The number of hydrogen-bond acceptors (Lipinski definition) is 7. The minimum atomic E-state index is -2.81. The number of rotatable bonds is 6. The van der Waals surface area contributed by atoms with Crippen molar-refractivity contribution >= 4 is 17.3 Å². The molecule has 1 atom stereocenters. The van der Waals surface area contributed by atoms with Crippen molar-refractivity contribution in [2.45, 2.75) is 25.5 Å². The van der Waals surface area contributed by atoms with Gasteiger partial charge in [-0.2, -0.15) is 8.78 Å². The predicted octanol–water partition coefficient (Wildman–Crippen LogP) is 3.00. The van der Waals surface area contributed by atoms with Gasteiger partial charge in [-0.05, 0) is 37.1 Å². The van der Waals surface area contributed by atoms with E-state index in [2.05, 4.69) is 29.8 Å². The number of aromatic nitrogens is 2. The molecule has 3 heterocycles. The van der Waals surface area contributed by atoms with Crippen LogP contribution in [0.15, 0.2) is 36.7 Å². The van der Waals surface area contributed by atoms with E-state index in [4.69, 9.17) is 4.74 Å². The van der Waals surface area contributed by atoms with Crippen LogP contribution in [0.4, 0.5) is 26.1 Å². The number of morpholine rings is 1. The summed E-state index contributed by atoms with van der Waals surface area (Å²) in [6.07, 6.45) is 3.67. The van der Waals surface area contributed by atoms with E-state index in [9.17, 15) is 8.78 Å². The molecule has 2 aliphatic rings. The number of nitrogens with one attached hydrogen (secondary N) is 1. The Morgan fingerprint density at radius 1 is 1.07 bits per heavy atom. The van der Waals surface area contributed by atoms with Gasteiger partial charge in [0, 0.05) is 44.0 Å². The fourth-order valence-electron chi connectivity index (χ4n) is 3.77. The van der Waals surface area contributed by atoms with Gasteiger partial charge in [-0.3, -0.25) is 0 Å². The Morgan fingerprint density at radius 3 is 2.62 bits per heavy atom. The van der Waals surface area contributed by atoms with Crippen LogP contribution in [0, 0.1) is 0 Å². The minimum absolute atomic E-state index is 0.173. The molecule has 2 aliphatic heterocycles. The summed E-state index contributed by atoms with van der Waals surface area (Å²) in [5, 5.41) is 3.52. The highest BCUT2D eigenvalue weighted by atomic mass is 19.3. The summed E-state index contributed by atoms with van der Waals surface area (Å²) in [6, 6.07) is 9.03. The number of anilines is 3. The third-order valence-corrected chi connectivity index (χ3v) is 5.19. The van der Waals surface area contributed by atoms with E-state index in [-0.39, 0.29) is 11.8 Å². The van der Waals surface area contributed by atoms with Crippen LogP contribution >= 0.6 is 0 Å². The van der Waals surface area contributed by atoms with Crippen LogP contribution in [0.25, 0.3) is 0 Å². The average Bonchev–Trinajstić information content (AvgIpc) is 2.75. The van der Waals surface area contributed by atoms with Gasteiger partial charge in [0.05, 0.1) is 13.2 Å². The normalized spacial score (nSPS) is 20.0. The molecule has 2 saturated heterocycles. The smallest absolute Gasteiger partial charge is 0.387 e. The van der Waals surface area contributed by atoms with E-state index in [0.29, 0.717) is 13.2 Å². The maximum absolute atomic E-state index is 12.3. The fourth-order valence-corrected chi connectivity index (χ4v) is 3.77.